The normalized spacial score (nSPS) is 22.5. The highest BCUT2D eigenvalue weighted by atomic mass is 32.2. The van der Waals surface area contributed by atoms with E-state index in [2.05, 4.69) is 40.9 Å². The van der Waals surface area contributed by atoms with Crippen LogP contribution in [0.2, 0.25) is 0 Å². The lowest BCUT2D eigenvalue weighted by Crippen LogP contribution is -2.20. The van der Waals surface area contributed by atoms with Crippen molar-refractivity contribution >= 4 is 11.8 Å². The van der Waals surface area contributed by atoms with Crippen molar-refractivity contribution in [2.24, 2.45) is 0 Å². The third kappa shape index (κ3) is 1.06. The van der Waals surface area contributed by atoms with Gasteiger partial charge in [-0.2, -0.15) is 0 Å². The summed E-state index contributed by atoms with van der Waals surface area (Å²) < 4.78 is 0.272. The highest BCUT2D eigenvalue weighted by Crippen LogP contribution is 2.47. The van der Waals surface area contributed by atoms with E-state index in [1.54, 1.807) is 0 Å². The first-order valence-corrected chi connectivity index (χ1v) is 5.59. The lowest BCUT2D eigenvalue weighted by molar-refractivity contribution is 0.878. The lowest BCUT2D eigenvalue weighted by atomic mass is 9.98. The van der Waals surface area contributed by atoms with Crippen molar-refractivity contribution in [2.75, 3.05) is 6.26 Å². The van der Waals surface area contributed by atoms with Gasteiger partial charge in [0, 0.05) is 0 Å². The predicted octanol–water partition coefficient (Wildman–Crippen LogP) is 3.79. The van der Waals surface area contributed by atoms with Gasteiger partial charge in [0.25, 0.3) is 0 Å². The van der Waals surface area contributed by atoms with E-state index in [1.165, 1.54) is 22.3 Å². The van der Waals surface area contributed by atoms with Gasteiger partial charge in [-0.05, 0) is 52.0 Å². The Morgan fingerprint density at radius 1 is 0.917 bits per heavy atom. The topological polar surface area (TPSA) is 0 Å². The minimum Gasteiger partial charge on any atom is -0.150 e. The van der Waals surface area contributed by atoms with E-state index in [1.807, 2.05) is 11.8 Å². The maximum absolute atomic E-state index is 2.32. The number of thioether (sulfide) groups is 1. The average Bonchev–Trinajstić information content (AvgIpc) is 2.22. The van der Waals surface area contributed by atoms with Crippen LogP contribution in [-0.2, 0) is 0 Å². The molecule has 12 heavy (non-hydrogen) atoms. The molecule has 0 radical (unpaired) electrons. The molecule has 0 aromatic carbocycles. The Labute approximate surface area is 80.1 Å². The summed E-state index contributed by atoms with van der Waals surface area (Å²) in [7, 11) is 0. The Balaban J connectivity index is 3.25. The van der Waals surface area contributed by atoms with Crippen LogP contribution in [0.15, 0.2) is 22.3 Å². The average molecular weight is 182 g/mol. The predicted molar refractivity (Wildman–Crippen MR) is 58.7 cm³/mol. The molecule has 1 rings (SSSR count). The van der Waals surface area contributed by atoms with Crippen molar-refractivity contribution in [1.29, 1.82) is 0 Å². The molecule has 0 bridgehead atoms. The second kappa shape index (κ2) is 2.95. The Morgan fingerprint density at radius 2 is 1.25 bits per heavy atom. The van der Waals surface area contributed by atoms with Crippen LogP contribution in [0.3, 0.4) is 0 Å². The minimum absolute atomic E-state index is 0.272. The molecule has 0 saturated carbocycles. The van der Waals surface area contributed by atoms with Crippen molar-refractivity contribution < 1.29 is 0 Å². The third-order valence-corrected chi connectivity index (χ3v) is 4.96. The van der Waals surface area contributed by atoms with E-state index in [-0.39, 0.29) is 4.75 Å². The molecule has 0 fully saturated rings. The van der Waals surface area contributed by atoms with Gasteiger partial charge < -0.3 is 0 Å². The van der Waals surface area contributed by atoms with Gasteiger partial charge in [0.1, 0.15) is 0 Å². The van der Waals surface area contributed by atoms with Crippen molar-refractivity contribution in [3.63, 3.8) is 0 Å². The maximum Gasteiger partial charge on any atom is 0.0552 e. The summed E-state index contributed by atoms with van der Waals surface area (Å²) in [5, 5.41) is 0. The number of hydrogen-bond acceptors (Lipinski definition) is 1. The summed E-state index contributed by atoms with van der Waals surface area (Å²) in [6.07, 6.45) is 2.19. The van der Waals surface area contributed by atoms with Crippen molar-refractivity contribution in [3.8, 4) is 0 Å². The van der Waals surface area contributed by atoms with E-state index < -0.39 is 0 Å². The van der Waals surface area contributed by atoms with E-state index >= 15 is 0 Å². The second-order valence-electron chi connectivity index (χ2n) is 3.74. The van der Waals surface area contributed by atoms with E-state index in [0.717, 1.165) is 0 Å². The fourth-order valence-corrected chi connectivity index (χ4v) is 2.78. The first-order valence-electron chi connectivity index (χ1n) is 4.36. The number of allylic oxidation sites excluding steroid dienone is 2. The van der Waals surface area contributed by atoms with Gasteiger partial charge in [0.2, 0.25) is 0 Å². The molecule has 0 unspecified atom stereocenters. The highest BCUT2D eigenvalue weighted by molar-refractivity contribution is 8.00. The van der Waals surface area contributed by atoms with Gasteiger partial charge in [-0.1, -0.05) is 11.1 Å². The quantitative estimate of drug-likeness (QED) is 0.594. The Morgan fingerprint density at radius 3 is 1.42 bits per heavy atom. The van der Waals surface area contributed by atoms with Crippen LogP contribution < -0.4 is 0 Å². The van der Waals surface area contributed by atoms with Crippen LogP contribution in [0, 0.1) is 0 Å². The largest absolute Gasteiger partial charge is 0.150 e. The zero-order chi connectivity index (χ0) is 9.52. The molecule has 1 heteroatoms. The maximum atomic E-state index is 2.32. The smallest absolute Gasteiger partial charge is 0.0552 e. The lowest BCUT2D eigenvalue weighted by Gasteiger charge is -2.26. The number of hydrogen-bond donors (Lipinski definition) is 0. The fourth-order valence-electron chi connectivity index (χ4n) is 1.87. The van der Waals surface area contributed by atoms with Crippen LogP contribution in [0.25, 0.3) is 0 Å². The van der Waals surface area contributed by atoms with Crippen LogP contribution >= 0.6 is 11.8 Å². The van der Waals surface area contributed by atoms with Crippen molar-refractivity contribution in [2.45, 2.75) is 39.4 Å². The van der Waals surface area contributed by atoms with Crippen LogP contribution in [-0.4, -0.2) is 11.0 Å². The minimum atomic E-state index is 0.272. The fraction of sp³-hybridized carbons (Fsp3) is 0.636. The molecule has 0 aromatic rings. The first-order chi connectivity index (χ1) is 5.45. The van der Waals surface area contributed by atoms with Crippen molar-refractivity contribution in [3.05, 3.63) is 22.3 Å². The summed E-state index contributed by atoms with van der Waals surface area (Å²) in [6, 6.07) is 0. The van der Waals surface area contributed by atoms with Gasteiger partial charge >= 0.3 is 0 Å². The zero-order valence-electron chi connectivity index (χ0n) is 8.91. The Hall–Kier alpha value is -0.170. The van der Waals surface area contributed by atoms with Gasteiger partial charge in [0.05, 0.1) is 4.75 Å². The summed E-state index contributed by atoms with van der Waals surface area (Å²) in [4.78, 5) is 0. The second-order valence-corrected chi connectivity index (χ2v) is 4.96. The van der Waals surface area contributed by atoms with Crippen LogP contribution in [0.5, 0.6) is 0 Å². The van der Waals surface area contributed by atoms with Crippen LogP contribution in [0.1, 0.15) is 34.6 Å². The molecular formula is C11H18S. The molecule has 1 aliphatic carbocycles. The SMILES string of the molecule is CSC1(C)C(C)=C(C)C(C)=C1C. The van der Waals surface area contributed by atoms with Gasteiger partial charge in [-0.25, -0.2) is 0 Å². The first kappa shape index (κ1) is 9.91. The summed E-state index contributed by atoms with van der Waals surface area (Å²) in [5.41, 5.74) is 6.05. The monoisotopic (exact) mass is 182 g/mol. The van der Waals surface area contributed by atoms with Gasteiger partial charge in [0.15, 0.2) is 0 Å². The molecular weight excluding hydrogens is 164 g/mol. The molecule has 0 nitrogen and oxygen atoms in total. The van der Waals surface area contributed by atoms with E-state index in [0.29, 0.717) is 0 Å². The summed E-state index contributed by atoms with van der Waals surface area (Å²) in [6.45, 7) is 11.3. The number of rotatable bonds is 1. The molecule has 0 atom stereocenters. The molecule has 0 saturated heterocycles. The van der Waals surface area contributed by atoms with E-state index in [4.69, 9.17) is 0 Å². The molecule has 0 N–H and O–H groups in total. The zero-order valence-corrected chi connectivity index (χ0v) is 9.72. The Bertz CT molecular complexity index is 245. The standard InChI is InChI=1S/C11H18S/c1-7-8(2)10(4)11(5,12-6)9(7)3/h1-6H3. The highest BCUT2D eigenvalue weighted by Gasteiger charge is 2.34. The van der Waals surface area contributed by atoms with Crippen molar-refractivity contribution in [1.82, 2.24) is 0 Å². The molecule has 1 aliphatic rings. The van der Waals surface area contributed by atoms with E-state index in [9.17, 15) is 0 Å². The van der Waals surface area contributed by atoms with Gasteiger partial charge in [-0.15, -0.1) is 11.8 Å². The molecule has 0 spiro atoms. The molecule has 0 heterocycles. The summed E-state index contributed by atoms with van der Waals surface area (Å²) in [5.74, 6) is 0. The van der Waals surface area contributed by atoms with Crippen LogP contribution in [0.4, 0.5) is 0 Å². The third-order valence-electron chi connectivity index (χ3n) is 3.53. The molecule has 0 amide bonds. The molecule has 0 aromatic heterocycles. The molecule has 68 valence electrons. The molecule has 0 aliphatic heterocycles. The Kier molecular flexibility index (Phi) is 2.44. The van der Waals surface area contributed by atoms with Gasteiger partial charge in [-0.3, -0.25) is 0 Å². The summed E-state index contributed by atoms with van der Waals surface area (Å²) >= 11 is 1.94.